The smallest absolute Gasteiger partial charge is 0.411 e. The first-order chi connectivity index (χ1) is 11.7. The molecule has 1 unspecified atom stereocenters. The molecule has 0 bridgehead atoms. The SMILES string of the molecule is Nc1ccc(OP(=O)(OCc2ccccc2)c2ccccc2)cc1. The van der Waals surface area contributed by atoms with E-state index < -0.39 is 7.60 Å². The van der Waals surface area contributed by atoms with E-state index >= 15 is 0 Å². The van der Waals surface area contributed by atoms with Crippen molar-refractivity contribution in [1.29, 1.82) is 0 Å². The van der Waals surface area contributed by atoms with Crippen molar-refractivity contribution in [2.24, 2.45) is 0 Å². The van der Waals surface area contributed by atoms with Gasteiger partial charge in [0.25, 0.3) is 0 Å². The van der Waals surface area contributed by atoms with Crippen LogP contribution in [0.25, 0.3) is 0 Å². The van der Waals surface area contributed by atoms with Crippen LogP contribution in [0.5, 0.6) is 5.75 Å². The van der Waals surface area contributed by atoms with Gasteiger partial charge in [-0.1, -0.05) is 48.5 Å². The van der Waals surface area contributed by atoms with Gasteiger partial charge in [-0.15, -0.1) is 0 Å². The third kappa shape index (κ3) is 4.05. The standard InChI is InChI=1S/C19H18NO3P/c20-17-11-13-18(14-12-17)23-24(21,19-9-5-2-6-10-19)22-15-16-7-3-1-4-8-16/h1-14H,15,20H2. The normalized spacial score (nSPS) is 13.2. The molecule has 0 aromatic heterocycles. The van der Waals surface area contributed by atoms with E-state index in [4.69, 9.17) is 14.8 Å². The van der Waals surface area contributed by atoms with Crippen molar-refractivity contribution in [1.82, 2.24) is 0 Å². The molecule has 0 radical (unpaired) electrons. The van der Waals surface area contributed by atoms with Gasteiger partial charge in [0, 0.05) is 5.69 Å². The molecule has 0 saturated heterocycles. The lowest BCUT2D eigenvalue weighted by Gasteiger charge is -2.19. The summed E-state index contributed by atoms with van der Waals surface area (Å²) in [6.45, 7) is 0.196. The first-order valence-corrected chi connectivity index (χ1v) is 9.09. The monoisotopic (exact) mass is 339 g/mol. The predicted octanol–water partition coefficient (Wildman–Crippen LogP) is 4.38. The molecule has 0 aliphatic heterocycles. The molecule has 24 heavy (non-hydrogen) atoms. The van der Waals surface area contributed by atoms with Crippen LogP contribution in [0, 0.1) is 0 Å². The fourth-order valence-electron chi connectivity index (χ4n) is 2.17. The summed E-state index contributed by atoms with van der Waals surface area (Å²) in [7, 11) is -3.51. The van der Waals surface area contributed by atoms with E-state index in [1.165, 1.54) is 0 Å². The summed E-state index contributed by atoms with van der Waals surface area (Å²) in [5.74, 6) is 0.449. The van der Waals surface area contributed by atoms with Crippen LogP contribution in [0.3, 0.4) is 0 Å². The molecule has 0 aliphatic carbocycles. The van der Waals surface area contributed by atoms with Crippen LogP contribution in [-0.2, 0) is 15.7 Å². The van der Waals surface area contributed by atoms with Crippen LogP contribution in [0.2, 0.25) is 0 Å². The van der Waals surface area contributed by atoms with Crippen LogP contribution in [0.4, 0.5) is 5.69 Å². The summed E-state index contributed by atoms with van der Waals surface area (Å²) in [5.41, 5.74) is 7.22. The van der Waals surface area contributed by atoms with Gasteiger partial charge >= 0.3 is 7.60 Å². The third-order valence-corrected chi connectivity index (χ3v) is 5.27. The molecule has 5 heteroatoms. The Morgan fingerprint density at radius 1 is 0.792 bits per heavy atom. The number of nitrogen functional groups attached to an aromatic ring is 1. The average molecular weight is 339 g/mol. The van der Waals surface area contributed by atoms with Crippen molar-refractivity contribution < 1.29 is 13.6 Å². The molecule has 0 saturated carbocycles. The van der Waals surface area contributed by atoms with E-state index in [2.05, 4.69) is 0 Å². The molecule has 4 nitrogen and oxygen atoms in total. The molecular weight excluding hydrogens is 321 g/mol. The highest BCUT2D eigenvalue weighted by Gasteiger charge is 2.29. The van der Waals surface area contributed by atoms with Crippen molar-refractivity contribution in [3.05, 3.63) is 90.5 Å². The van der Waals surface area contributed by atoms with Gasteiger partial charge in [0.1, 0.15) is 5.75 Å². The summed E-state index contributed by atoms with van der Waals surface area (Å²) >= 11 is 0. The Morgan fingerprint density at radius 2 is 1.38 bits per heavy atom. The zero-order valence-electron chi connectivity index (χ0n) is 13.0. The minimum atomic E-state index is -3.51. The van der Waals surface area contributed by atoms with E-state index in [-0.39, 0.29) is 6.61 Å². The highest BCUT2D eigenvalue weighted by atomic mass is 31.2. The molecule has 3 aromatic carbocycles. The molecule has 2 N–H and O–H groups in total. The Kier molecular flexibility index (Phi) is 4.99. The van der Waals surface area contributed by atoms with Gasteiger partial charge in [0.05, 0.1) is 11.9 Å². The van der Waals surface area contributed by atoms with Crippen LogP contribution >= 0.6 is 7.60 Å². The zero-order valence-corrected chi connectivity index (χ0v) is 13.9. The Balaban J connectivity index is 1.86. The van der Waals surface area contributed by atoms with Crippen LogP contribution < -0.4 is 15.6 Å². The van der Waals surface area contributed by atoms with E-state index in [1.54, 1.807) is 48.5 Å². The third-order valence-electron chi connectivity index (χ3n) is 3.42. The summed E-state index contributed by atoms with van der Waals surface area (Å²) in [4.78, 5) is 0. The maximum absolute atomic E-state index is 13.4. The first-order valence-electron chi connectivity index (χ1n) is 7.55. The number of rotatable bonds is 6. The minimum Gasteiger partial charge on any atom is -0.421 e. The second kappa shape index (κ2) is 7.35. The first kappa shape index (κ1) is 16.3. The lowest BCUT2D eigenvalue weighted by atomic mass is 10.2. The molecule has 1 atom stereocenters. The van der Waals surface area contributed by atoms with Gasteiger partial charge in [0.2, 0.25) is 0 Å². The summed E-state index contributed by atoms with van der Waals surface area (Å²) in [5, 5.41) is 0.512. The molecule has 3 aromatic rings. The summed E-state index contributed by atoms with van der Waals surface area (Å²) < 4.78 is 24.8. The van der Waals surface area contributed by atoms with E-state index in [0.29, 0.717) is 16.7 Å². The Hall–Kier alpha value is -2.55. The fourth-order valence-corrected chi connectivity index (χ4v) is 3.73. The second-order valence-corrected chi connectivity index (χ2v) is 7.20. The fraction of sp³-hybridized carbons (Fsp3) is 0.0526. The summed E-state index contributed by atoms with van der Waals surface area (Å²) in [6, 6.07) is 25.3. The van der Waals surface area contributed by atoms with Gasteiger partial charge in [-0.2, -0.15) is 0 Å². The Bertz CT molecular complexity index is 820. The lowest BCUT2D eigenvalue weighted by Crippen LogP contribution is -2.12. The topological polar surface area (TPSA) is 61.5 Å². The second-order valence-electron chi connectivity index (χ2n) is 5.25. The van der Waals surface area contributed by atoms with Crippen LogP contribution in [0.15, 0.2) is 84.9 Å². The molecule has 122 valence electrons. The maximum Gasteiger partial charge on any atom is 0.411 e. The molecule has 0 fully saturated rings. The van der Waals surface area contributed by atoms with Crippen molar-refractivity contribution in [2.45, 2.75) is 6.61 Å². The van der Waals surface area contributed by atoms with Crippen molar-refractivity contribution in [3.63, 3.8) is 0 Å². The van der Waals surface area contributed by atoms with E-state index in [9.17, 15) is 4.57 Å². The average Bonchev–Trinajstić information content (AvgIpc) is 2.64. The zero-order chi connectivity index (χ0) is 16.8. The van der Waals surface area contributed by atoms with Gasteiger partial charge in [-0.05, 0) is 42.0 Å². The Labute approximate surface area is 141 Å². The quantitative estimate of drug-likeness (QED) is 0.535. The Morgan fingerprint density at radius 3 is 2.00 bits per heavy atom. The molecule has 0 heterocycles. The van der Waals surface area contributed by atoms with Gasteiger partial charge in [-0.25, -0.2) is 4.57 Å². The van der Waals surface area contributed by atoms with Crippen molar-refractivity contribution in [3.8, 4) is 5.75 Å². The number of nitrogens with two attached hydrogens (primary N) is 1. The van der Waals surface area contributed by atoms with Gasteiger partial charge in [-0.3, -0.25) is 4.52 Å². The molecule has 0 spiro atoms. The largest absolute Gasteiger partial charge is 0.421 e. The number of benzene rings is 3. The highest BCUT2D eigenvalue weighted by molar-refractivity contribution is 7.62. The highest BCUT2D eigenvalue weighted by Crippen LogP contribution is 2.48. The van der Waals surface area contributed by atoms with Gasteiger partial charge < -0.3 is 10.3 Å². The minimum absolute atomic E-state index is 0.196. The summed E-state index contributed by atoms with van der Waals surface area (Å²) in [6.07, 6.45) is 0. The van der Waals surface area contributed by atoms with Crippen molar-refractivity contribution in [2.75, 3.05) is 5.73 Å². The van der Waals surface area contributed by atoms with Gasteiger partial charge in [0.15, 0.2) is 0 Å². The molecule has 0 aliphatic rings. The predicted molar refractivity (Wildman–Crippen MR) is 96.4 cm³/mol. The number of hydrogen-bond donors (Lipinski definition) is 1. The molecule has 0 amide bonds. The number of anilines is 1. The van der Waals surface area contributed by atoms with Crippen LogP contribution in [0.1, 0.15) is 5.56 Å². The van der Waals surface area contributed by atoms with Crippen molar-refractivity contribution >= 4 is 18.6 Å². The van der Waals surface area contributed by atoms with Crippen LogP contribution in [-0.4, -0.2) is 0 Å². The van der Waals surface area contributed by atoms with E-state index in [0.717, 1.165) is 5.56 Å². The molecule has 3 rings (SSSR count). The number of hydrogen-bond acceptors (Lipinski definition) is 4. The lowest BCUT2D eigenvalue weighted by molar-refractivity contribution is 0.264. The molecular formula is C19H18NO3P. The van der Waals surface area contributed by atoms with E-state index in [1.807, 2.05) is 36.4 Å². The maximum atomic E-state index is 13.4.